The van der Waals surface area contributed by atoms with Gasteiger partial charge < -0.3 is 14.6 Å². The molecule has 1 aliphatic heterocycles. The van der Waals surface area contributed by atoms with E-state index in [0.29, 0.717) is 11.1 Å². The predicted octanol–water partition coefficient (Wildman–Crippen LogP) is 2.10. The van der Waals surface area contributed by atoms with Gasteiger partial charge in [0.2, 0.25) is 5.60 Å². The maximum Gasteiger partial charge on any atom is 0.346 e. The minimum atomic E-state index is -1.29. The van der Waals surface area contributed by atoms with Crippen LogP contribution in [0, 0.1) is 10.1 Å². The van der Waals surface area contributed by atoms with Gasteiger partial charge in [-0.3, -0.25) is 10.1 Å². The Morgan fingerprint density at radius 2 is 1.88 bits per heavy atom. The Kier molecular flexibility index (Phi) is 4.28. The third-order valence-corrected chi connectivity index (χ3v) is 3.85. The number of aliphatic hydroxyl groups excluding tert-OH is 1. The summed E-state index contributed by atoms with van der Waals surface area (Å²) < 4.78 is 10.8. The monoisotopic (exact) mass is 329 g/mol. The Bertz CT molecular complexity index is 745. The molecule has 1 fully saturated rings. The van der Waals surface area contributed by atoms with E-state index < -0.39 is 22.6 Å². The molecule has 0 bridgehead atoms. The molecule has 7 nitrogen and oxygen atoms in total. The zero-order chi connectivity index (χ0) is 17.2. The van der Waals surface area contributed by atoms with Crippen molar-refractivity contribution in [3.8, 4) is 0 Å². The molecule has 7 heteroatoms. The molecule has 24 heavy (non-hydrogen) atoms. The summed E-state index contributed by atoms with van der Waals surface area (Å²) in [6.45, 7) is -0.400. The SMILES string of the molecule is O=C(OCCO)[C@@]1(c2ccccc2)OC1c1ccc([N+](=O)[O-])cc1. The first-order valence-corrected chi connectivity index (χ1v) is 7.35. The number of carbonyl (C=O) groups excluding carboxylic acids is 1. The average molecular weight is 329 g/mol. The Labute approximate surface area is 137 Å². The van der Waals surface area contributed by atoms with Crippen LogP contribution in [0.1, 0.15) is 17.2 Å². The number of rotatable bonds is 6. The lowest BCUT2D eigenvalue weighted by Crippen LogP contribution is -2.26. The van der Waals surface area contributed by atoms with Crippen LogP contribution in [-0.4, -0.2) is 29.2 Å². The second-order valence-corrected chi connectivity index (χ2v) is 5.31. The van der Waals surface area contributed by atoms with Crippen molar-refractivity contribution in [1.29, 1.82) is 0 Å². The largest absolute Gasteiger partial charge is 0.461 e. The number of non-ortho nitro benzene ring substituents is 1. The van der Waals surface area contributed by atoms with Crippen molar-refractivity contribution in [2.75, 3.05) is 13.2 Å². The van der Waals surface area contributed by atoms with Crippen LogP contribution in [0.25, 0.3) is 0 Å². The number of hydrogen-bond donors (Lipinski definition) is 1. The molecule has 0 spiro atoms. The lowest BCUT2D eigenvalue weighted by atomic mass is 9.91. The fourth-order valence-electron chi connectivity index (χ4n) is 2.65. The van der Waals surface area contributed by atoms with E-state index in [1.807, 2.05) is 6.07 Å². The first kappa shape index (κ1) is 16.1. The third kappa shape index (κ3) is 2.75. The highest BCUT2D eigenvalue weighted by Crippen LogP contribution is 2.57. The van der Waals surface area contributed by atoms with E-state index in [1.54, 1.807) is 36.4 Å². The van der Waals surface area contributed by atoms with Crippen molar-refractivity contribution in [3.05, 3.63) is 75.8 Å². The van der Waals surface area contributed by atoms with E-state index in [2.05, 4.69) is 0 Å². The molecule has 1 heterocycles. The average Bonchev–Trinajstić information content (AvgIpc) is 3.37. The van der Waals surface area contributed by atoms with Gasteiger partial charge >= 0.3 is 5.97 Å². The van der Waals surface area contributed by atoms with E-state index >= 15 is 0 Å². The number of epoxide rings is 1. The summed E-state index contributed by atoms with van der Waals surface area (Å²) in [6, 6.07) is 14.8. The van der Waals surface area contributed by atoms with Crippen molar-refractivity contribution in [2.45, 2.75) is 11.7 Å². The highest BCUT2D eigenvalue weighted by atomic mass is 16.7. The molecule has 1 saturated heterocycles. The Balaban J connectivity index is 1.91. The van der Waals surface area contributed by atoms with Gasteiger partial charge in [-0.25, -0.2) is 4.79 Å². The number of nitro groups is 1. The zero-order valence-corrected chi connectivity index (χ0v) is 12.6. The minimum Gasteiger partial charge on any atom is -0.461 e. The molecule has 2 aromatic carbocycles. The molecule has 2 atom stereocenters. The van der Waals surface area contributed by atoms with Crippen molar-refractivity contribution < 1.29 is 24.3 Å². The van der Waals surface area contributed by atoms with Crippen LogP contribution in [0.2, 0.25) is 0 Å². The summed E-state index contributed by atoms with van der Waals surface area (Å²) in [4.78, 5) is 22.7. The van der Waals surface area contributed by atoms with Crippen LogP contribution in [0.5, 0.6) is 0 Å². The highest BCUT2D eigenvalue weighted by Gasteiger charge is 2.65. The molecular weight excluding hydrogens is 314 g/mol. The van der Waals surface area contributed by atoms with E-state index in [0.717, 1.165) is 0 Å². The zero-order valence-electron chi connectivity index (χ0n) is 12.6. The van der Waals surface area contributed by atoms with Crippen LogP contribution < -0.4 is 0 Å². The van der Waals surface area contributed by atoms with Gasteiger partial charge in [-0.2, -0.15) is 0 Å². The molecule has 0 aromatic heterocycles. The van der Waals surface area contributed by atoms with Crippen LogP contribution in [-0.2, 0) is 19.9 Å². The number of esters is 1. The molecule has 124 valence electrons. The Hall–Kier alpha value is -2.77. The Morgan fingerprint density at radius 3 is 2.46 bits per heavy atom. The summed E-state index contributed by atoms with van der Waals surface area (Å²) in [5.41, 5.74) is -0.0405. The van der Waals surface area contributed by atoms with E-state index in [1.165, 1.54) is 12.1 Å². The van der Waals surface area contributed by atoms with Crippen LogP contribution in [0.3, 0.4) is 0 Å². The topological polar surface area (TPSA) is 102 Å². The maximum atomic E-state index is 12.5. The normalized spacial score (nSPS) is 22.0. The smallest absolute Gasteiger partial charge is 0.346 e. The summed E-state index contributed by atoms with van der Waals surface area (Å²) >= 11 is 0. The number of benzene rings is 2. The maximum absolute atomic E-state index is 12.5. The number of aliphatic hydroxyl groups is 1. The third-order valence-electron chi connectivity index (χ3n) is 3.85. The van der Waals surface area contributed by atoms with Gasteiger partial charge in [0.05, 0.1) is 11.5 Å². The number of hydrogen-bond acceptors (Lipinski definition) is 6. The molecule has 1 N–H and O–H groups in total. The van der Waals surface area contributed by atoms with Gasteiger partial charge in [-0.15, -0.1) is 0 Å². The van der Waals surface area contributed by atoms with E-state index in [4.69, 9.17) is 14.6 Å². The van der Waals surface area contributed by atoms with Gasteiger partial charge in [0.25, 0.3) is 5.69 Å². The number of nitrogens with zero attached hydrogens (tertiary/aromatic N) is 1. The molecule has 0 amide bonds. The van der Waals surface area contributed by atoms with Crippen molar-refractivity contribution in [1.82, 2.24) is 0 Å². The van der Waals surface area contributed by atoms with Crippen molar-refractivity contribution >= 4 is 11.7 Å². The standard InChI is InChI=1S/C17H15NO6/c19-10-11-23-16(20)17(13-4-2-1-3-5-13)15(24-17)12-6-8-14(9-7-12)18(21)22/h1-9,15,19H,10-11H2/t15?,17-/m0/s1. The fraction of sp³-hybridized carbons (Fsp3) is 0.235. The second kappa shape index (κ2) is 6.38. The molecule has 0 aliphatic carbocycles. The second-order valence-electron chi connectivity index (χ2n) is 5.31. The van der Waals surface area contributed by atoms with Crippen molar-refractivity contribution in [3.63, 3.8) is 0 Å². The van der Waals surface area contributed by atoms with Crippen molar-refractivity contribution in [2.24, 2.45) is 0 Å². The minimum absolute atomic E-state index is 0.0347. The summed E-state index contributed by atoms with van der Waals surface area (Å²) in [5.74, 6) is -0.592. The summed E-state index contributed by atoms with van der Waals surface area (Å²) in [5, 5.41) is 19.6. The van der Waals surface area contributed by atoms with Crippen LogP contribution >= 0.6 is 0 Å². The highest BCUT2D eigenvalue weighted by molar-refractivity contribution is 5.85. The van der Waals surface area contributed by atoms with Gasteiger partial charge in [0.1, 0.15) is 12.7 Å². The van der Waals surface area contributed by atoms with Gasteiger partial charge in [0.15, 0.2) is 0 Å². The fourth-order valence-corrected chi connectivity index (χ4v) is 2.65. The van der Waals surface area contributed by atoms with E-state index in [-0.39, 0.29) is 18.9 Å². The van der Waals surface area contributed by atoms with Crippen LogP contribution in [0.4, 0.5) is 5.69 Å². The predicted molar refractivity (Wildman–Crippen MR) is 83.1 cm³/mol. The van der Waals surface area contributed by atoms with Gasteiger partial charge in [0, 0.05) is 12.1 Å². The molecule has 1 unspecified atom stereocenters. The lowest BCUT2D eigenvalue weighted by Gasteiger charge is -2.12. The number of ether oxygens (including phenoxy) is 2. The molecule has 3 rings (SSSR count). The summed E-state index contributed by atoms with van der Waals surface area (Å²) in [7, 11) is 0. The van der Waals surface area contributed by atoms with Gasteiger partial charge in [-0.1, -0.05) is 30.3 Å². The molecular formula is C17H15NO6. The molecule has 0 saturated carbocycles. The molecule has 1 aliphatic rings. The van der Waals surface area contributed by atoms with Crippen LogP contribution in [0.15, 0.2) is 54.6 Å². The van der Waals surface area contributed by atoms with Gasteiger partial charge in [-0.05, 0) is 23.3 Å². The number of nitro benzene ring substituents is 1. The quantitative estimate of drug-likeness (QED) is 0.377. The number of carbonyl (C=O) groups is 1. The summed E-state index contributed by atoms with van der Waals surface area (Å²) in [6.07, 6.45) is -0.591. The Morgan fingerprint density at radius 1 is 1.21 bits per heavy atom. The van der Waals surface area contributed by atoms with E-state index in [9.17, 15) is 14.9 Å². The lowest BCUT2D eigenvalue weighted by molar-refractivity contribution is -0.384. The molecule has 2 aromatic rings. The first-order chi connectivity index (χ1) is 11.6. The molecule has 0 radical (unpaired) electrons. The first-order valence-electron chi connectivity index (χ1n) is 7.35.